The van der Waals surface area contributed by atoms with Crippen molar-refractivity contribution in [3.05, 3.63) is 84.1 Å². The number of aromatic nitrogens is 3. The Kier molecular flexibility index (Phi) is 4.60. The Morgan fingerprint density at radius 3 is 2.59 bits per heavy atom. The van der Waals surface area contributed by atoms with Gasteiger partial charge in [-0.05, 0) is 50.0 Å². The summed E-state index contributed by atoms with van der Waals surface area (Å²) in [6, 6.07) is 4.77. The van der Waals surface area contributed by atoms with Gasteiger partial charge in [-0.1, -0.05) is 23.2 Å². The summed E-state index contributed by atoms with van der Waals surface area (Å²) in [5.41, 5.74) is 0.715. The molecular formula is C16H10Cl2N3O. The molecule has 0 aliphatic heterocycles. The topological polar surface area (TPSA) is 47.8 Å². The fraction of sp³-hybridized carbons (Fsp3) is 0. The number of hydrogen-bond acceptors (Lipinski definition) is 3. The highest BCUT2D eigenvalue weighted by Crippen LogP contribution is 2.29. The molecule has 1 aliphatic rings. The first kappa shape index (κ1) is 15.3. The van der Waals surface area contributed by atoms with E-state index in [4.69, 9.17) is 23.2 Å². The lowest BCUT2D eigenvalue weighted by atomic mass is 10.0. The van der Waals surface area contributed by atoms with Crippen molar-refractivity contribution in [2.45, 2.75) is 0 Å². The van der Waals surface area contributed by atoms with Crippen LogP contribution >= 0.6 is 23.2 Å². The molecule has 1 fully saturated rings. The highest BCUT2D eigenvalue weighted by Gasteiger charge is 2.22. The highest BCUT2D eigenvalue weighted by atomic mass is 35.5. The van der Waals surface area contributed by atoms with E-state index in [1.165, 1.54) is 23.4 Å². The Bertz CT molecular complexity index is 704. The van der Waals surface area contributed by atoms with Crippen molar-refractivity contribution in [3.8, 4) is 0 Å². The lowest BCUT2D eigenvalue weighted by molar-refractivity contribution is 0.105. The van der Waals surface area contributed by atoms with E-state index < -0.39 is 0 Å². The first-order valence-electron chi connectivity index (χ1n) is 6.43. The zero-order valence-corrected chi connectivity index (χ0v) is 12.8. The van der Waals surface area contributed by atoms with Gasteiger partial charge in [0.05, 0.1) is 5.02 Å². The molecule has 22 heavy (non-hydrogen) atoms. The van der Waals surface area contributed by atoms with Crippen LogP contribution in [0.4, 0.5) is 0 Å². The van der Waals surface area contributed by atoms with Crippen LogP contribution in [0.15, 0.2) is 36.9 Å². The Balaban J connectivity index is 1.99. The summed E-state index contributed by atoms with van der Waals surface area (Å²) in [6.07, 6.45) is 12.2. The fourth-order valence-electron chi connectivity index (χ4n) is 2.02. The maximum Gasteiger partial charge on any atom is 0.212 e. The van der Waals surface area contributed by atoms with E-state index in [0.717, 1.165) is 5.92 Å². The van der Waals surface area contributed by atoms with Crippen LogP contribution in [0.5, 0.6) is 0 Å². The number of halogens is 2. The number of hydrogen-bond donors (Lipinski definition) is 0. The van der Waals surface area contributed by atoms with Crippen molar-refractivity contribution in [1.82, 2.24) is 14.8 Å². The summed E-state index contributed by atoms with van der Waals surface area (Å²) < 4.78 is 1.42. The molecule has 6 heteroatoms. The van der Waals surface area contributed by atoms with Gasteiger partial charge in [-0.3, -0.25) is 4.79 Å². The van der Waals surface area contributed by atoms with E-state index in [2.05, 4.69) is 10.1 Å². The maximum absolute atomic E-state index is 12.8. The number of rotatable bonds is 4. The largest absolute Gasteiger partial charge is 0.287 e. The van der Waals surface area contributed by atoms with Gasteiger partial charge in [-0.25, -0.2) is 9.67 Å². The van der Waals surface area contributed by atoms with Gasteiger partial charge in [-0.2, -0.15) is 5.10 Å². The van der Waals surface area contributed by atoms with Crippen molar-refractivity contribution >= 4 is 34.7 Å². The smallest absolute Gasteiger partial charge is 0.212 e. The van der Waals surface area contributed by atoms with E-state index >= 15 is 0 Å². The molecule has 1 aromatic carbocycles. The minimum Gasteiger partial charge on any atom is -0.287 e. The molecule has 0 unspecified atom stereocenters. The summed E-state index contributed by atoms with van der Waals surface area (Å²) in [7, 11) is 0. The van der Waals surface area contributed by atoms with Crippen LogP contribution in [0, 0.1) is 31.6 Å². The predicted octanol–water partition coefficient (Wildman–Crippen LogP) is 3.71. The second-order valence-electron chi connectivity index (χ2n) is 4.54. The molecule has 0 bridgehead atoms. The first-order valence-corrected chi connectivity index (χ1v) is 7.19. The molecule has 5 radical (unpaired) electrons. The third kappa shape index (κ3) is 3.23. The van der Waals surface area contributed by atoms with Crippen LogP contribution in [0.3, 0.4) is 0 Å². The Morgan fingerprint density at radius 1 is 1.18 bits per heavy atom. The molecule has 0 N–H and O–H groups in total. The van der Waals surface area contributed by atoms with Crippen molar-refractivity contribution in [2.75, 3.05) is 0 Å². The minimum atomic E-state index is -0.256. The summed E-state index contributed by atoms with van der Waals surface area (Å²) in [4.78, 5) is 16.7. The third-order valence-electron chi connectivity index (χ3n) is 3.07. The molecule has 1 aliphatic carbocycles. The average molecular weight is 331 g/mol. The molecule has 4 nitrogen and oxygen atoms in total. The van der Waals surface area contributed by atoms with Crippen molar-refractivity contribution in [2.24, 2.45) is 0 Å². The molecule has 1 aromatic heterocycles. The first-order chi connectivity index (χ1) is 10.6. The summed E-state index contributed by atoms with van der Waals surface area (Å²) in [6.45, 7) is 0. The van der Waals surface area contributed by atoms with E-state index in [0.29, 0.717) is 21.3 Å². The average Bonchev–Trinajstić information content (AvgIpc) is 3.17. The highest BCUT2D eigenvalue weighted by molar-refractivity contribution is 6.39. The van der Waals surface area contributed by atoms with Crippen LogP contribution in [0.25, 0.3) is 5.70 Å². The van der Waals surface area contributed by atoms with Crippen LogP contribution < -0.4 is 0 Å². The summed E-state index contributed by atoms with van der Waals surface area (Å²) >= 11 is 12.0. The van der Waals surface area contributed by atoms with Gasteiger partial charge < -0.3 is 0 Å². The molecule has 0 amide bonds. The number of carbonyl (C=O) groups is 1. The van der Waals surface area contributed by atoms with E-state index in [1.807, 2.05) is 25.7 Å². The van der Waals surface area contributed by atoms with Gasteiger partial charge in [0.15, 0.2) is 0 Å². The zero-order valence-electron chi connectivity index (χ0n) is 11.3. The lowest BCUT2D eigenvalue weighted by Crippen LogP contribution is -2.12. The minimum absolute atomic E-state index is 0.256. The number of Topliss-reactive ketones (excluding diaryl/α,β-unsaturated/α-hetero) is 1. The van der Waals surface area contributed by atoms with Gasteiger partial charge in [0.1, 0.15) is 18.4 Å². The number of carbonyl (C=O) groups excluding carboxylic acids is 1. The van der Waals surface area contributed by atoms with E-state index in [1.54, 1.807) is 18.2 Å². The molecule has 3 rings (SSSR count). The zero-order chi connectivity index (χ0) is 15.5. The van der Waals surface area contributed by atoms with Gasteiger partial charge >= 0.3 is 0 Å². The molecule has 1 saturated carbocycles. The van der Waals surface area contributed by atoms with Crippen molar-refractivity contribution in [1.29, 1.82) is 0 Å². The number of nitrogens with zero attached hydrogens (tertiary/aromatic N) is 3. The van der Waals surface area contributed by atoms with Crippen LogP contribution in [0.1, 0.15) is 10.4 Å². The summed E-state index contributed by atoms with van der Waals surface area (Å²) in [5, 5.41) is 4.81. The van der Waals surface area contributed by atoms with Gasteiger partial charge in [-0.15, -0.1) is 0 Å². The Hall–Kier alpha value is -1.65. The predicted molar refractivity (Wildman–Crippen MR) is 85.5 cm³/mol. The SMILES string of the molecule is O=C(/C(=C/[C]1[CH][CH][CH][CH]1)n1cncn1)c1ccc(Cl)cc1Cl. The number of allylic oxidation sites excluding steroid dienone is 2. The number of ketones is 1. The molecule has 0 saturated heterocycles. The standard InChI is InChI=1S/C16H10Cl2N3O/c17-12-5-6-13(14(18)8-12)16(22)15(21-10-19-9-20-21)7-11-3-1-2-4-11/h1-10H/b15-7-. The maximum atomic E-state index is 12.8. The monoisotopic (exact) mass is 330 g/mol. The molecule has 0 atom stereocenters. The van der Waals surface area contributed by atoms with E-state index in [9.17, 15) is 4.79 Å². The molecular weight excluding hydrogens is 321 g/mol. The van der Waals surface area contributed by atoms with Crippen molar-refractivity contribution < 1.29 is 4.79 Å². The van der Waals surface area contributed by atoms with Crippen molar-refractivity contribution in [3.63, 3.8) is 0 Å². The van der Waals surface area contributed by atoms with Crippen LogP contribution in [0.2, 0.25) is 10.0 Å². The van der Waals surface area contributed by atoms with E-state index in [-0.39, 0.29) is 5.78 Å². The number of benzene rings is 1. The molecule has 0 spiro atoms. The third-order valence-corrected chi connectivity index (χ3v) is 3.61. The van der Waals surface area contributed by atoms with Crippen LogP contribution in [-0.2, 0) is 0 Å². The normalized spacial score (nSPS) is 16.2. The van der Waals surface area contributed by atoms with Crippen LogP contribution in [-0.4, -0.2) is 20.5 Å². The second-order valence-corrected chi connectivity index (χ2v) is 5.38. The second kappa shape index (κ2) is 6.63. The fourth-order valence-corrected chi connectivity index (χ4v) is 2.52. The quantitative estimate of drug-likeness (QED) is 0.634. The summed E-state index contributed by atoms with van der Waals surface area (Å²) in [5.74, 6) is 0.636. The Morgan fingerprint density at radius 2 is 1.95 bits per heavy atom. The van der Waals surface area contributed by atoms with Gasteiger partial charge in [0, 0.05) is 16.5 Å². The lowest BCUT2D eigenvalue weighted by Gasteiger charge is -2.10. The van der Waals surface area contributed by atoms with Gasteiger partial charge in [0.2, 0.25) is 5.78 Å². The molecule has 109 valence electrons. The molecule has 2 aromatic rings. The van der Waals surface area contributed by atoms with Gasteiger partial charge in [0.25, 0.3) is 0 Å². The molecule has 1 heterocycles. The Labute approximate surface area is 138 Å².